The molecule has 0 saturated heterocycles. The van der Waals surface area contributed by atoms with Crippen LogP contribution in [0, 0.1) is 20.8 Å². The first-order valence-electron chi connectivity index (χ1n) is 7.14. The third-order valence-electron chi connectivity index (χ3n) is 3.44. The largest absolute Gasteiger partial charge is 0.358 e. The third-order valence-corrected chi connectivity index (χ3v) is 3.69. The molecule has 0 atom stereocenters. The molecule has 2 rings (SSSR count). The minimum absolute atomic E-state index is 0.630. The zero-order chi connectivity index (χ0) is 15.4. The molecule has 1 heterocycles. The van der Waals surface area contributed by atoms with Crippen LogP contribution in [-0.4, -0.2) is 14.9 Å². The molecule has 2 N–H and O–H groups in total. The van der Waals surface area contributed by atoms with Crippen LogP contribution in [0.4, 0.5) is 5.69 Å². The monoisotopic (exact) mass is 302 g/mol. The van der Waals surface area contributed by atoms with Crippen molar-refractivity contribution in [3.63, 3.8) is 0 Å². The first kappa shape index (κ1) is 15.5. The van der Waals surface area contributed by atoms with Gasteiger partial charge in [0.2, 0.25) is 0 Å². The number of aromatic nitrogens is 2. The number of aryl methyl sites for hydroxylation is 4. The van der Waals surface area contributed by atoms with Gasteiger partial charge in [0.15, 0.2) is 5.11 Å². The van der Waals surface area contributed by atoms with Gasteiger partial charge >= 0.3 is 0 Å². The number of nitrogens with one attached hydrogen (secondary N) is 2. The molecular formula is C16H22N4S. The molecule has 0 aliphatic carbocycles. The Labute approximate surface area is 131 Å². The van der Waals surface area contributed by atoms with Crippen molar-refractivity contribution in [3.8, 4) is 0 Å². The molecule has 1 aromatic heterocycles. The van der Waals surface area contributed by atoms with Gasteiger partial charge in [-0.3, -0.25) is 4.68 Å². The Morgan fingerprint density at radius 3 is 2.67 bits per heavy atom. The van der Waals surface area contributed by atoms with Gasteiger partial charge in [0, 0.05) is 30.5 Å². The van der Waals surface area contributed by atoms with Crippen molar-refractivity contribution in [3.05, 3.63) is 46.8 Å². The SMILES string of the molecule is CCn1cc(CNC(=S)Nc2ccc(C)cc2C)c(C)n1. The van der Waals surface area contributed by atoms with Crippen molar-refractivity contribution in [2.45, 2.75) is 40.8 Å². The van der Waals surface area contributed by atoms with Gasteiger partial charge in [-0.1, -0.05) is 17.7 Å². The Morgan fingerprint density at radius 1 is 1.29 bits per heavy atom. The molecule has 0 radical (unpaired) electrons. The summed E-state index contributed by atoms with van der Waals surface area (Å²) in [5, 5.41) is 11.5. The lowest BCUT2D eigenvalue weighted by Crippen LogP contribution is -2.28. The number of nitrogens with zero attached hydrogens (tertiary/aromatic N) is 2. The first-order valence-corrected chi connectivity index (χ1v) is 7.55. The van der Waals surface area contributed by atoms with Gasteiger partial charge in [-0.15, -0.1) is 0 Å². The molecule has 0 aliphatic rings. The van der Waals surface area contributed by atoms with E-state index in [9.17, 15) is 0 Å². The topological polar surface area (TPSA) is 41.9 Å². The number of benzene rings is 1. The van der Waals surface area contributed by atoms with Crippen LogP contribution in [0.5, 0.6) is 0 Å². The Hall–Kier alpha value is -1.88. The summed E-state index contributed by atoms with van der Waals surface area (Å²) < 4.78 is 1.94. The molecule has 0 saturated carbocycles. The van der Waals surface area contributed by atoms with Crippen LogP contribution >= 0.6 is 12.2 Å². The van der Waals surface area contributed by atoms with Crippen LogP contribution in [0.3, 0.4) is 0 Å². The van der Waals surface area contributed by atoms with E-state index in [4.69, 9.17) is 12.2 Å². The summed E-state index contributed by atoms with van der Waals surface area (Å²) in [4.78, 5) is 0. The fraction of sp³-hybridized carbons (Fsp3) is 0.375. The second-order valence-corrected chi connectivity index (χ2v) is 5.63. The van der Waals surface area contributed by atoms with Gasteiger partial charge in [0.1, 0.15) is 0 Å². The maximum absolute atomic E-state index is 5.36. The van der Waals surface area contributed by atoms with E-state index in [1.807, 2.05) is 11.6 Å². The number of hydrogen-bond donors (Lipinski definition) is 2. The van der Waals surface area contributed by atoms with E-state index in [1.165, 1.54) is 16.7 Å². The molecule has 1 aromatic carbocycles. The van der Waals surface area contributed by atoms with E-state index in [2.05, 4.69) is 60.9 Å². The Morgan fingerprint density at radius 2 is 2.05 bits per heavy atom. The second kappa shape index (κ2) is 6.72. The van der Waals surface area contributed by atoms with Crippen LogP contribution in [0.2, 0.25) is 0 Å². The molecule has 0 spiro atoms. The molecule has 0 unspecified atom stereocenters. The normalized spacial score (nSPS) is 10.5. The minimum Gasteiger partial charge on any atom is -0.358 e. The van der Waals surface area contributed by atoms with Crippen molar-refractivity contribution in [2.75, 3.05) is 5.32 Å². The molecule has 0 aliphatic heterocycles. The summed E-state index contributed by atoms with van der Waals surface area (Å²) in [5.41, 5.74) is 5.69. The Bertz CT molecular complexity index is 646. The summed E-state index contributed by atoms with van der Waals surface area (Å²) in [7, 11) is 0. The van der Waals surface area contributed by atoms with Crippen LogP contribution in [0.15, 0.2) is 24.4 Å². The fourth-order valence-corrected chi connectivity index (χ4v) is 2.37. The lowest BCUT2D eigenvalue weighted by molar-refractivity contribution is 0.653. The van der Waals surface area contributed by atoms with Gasteiger partial charge in [-0.05, 0) is 51.5 Å². The molecule has 112 valence electrons. The Balaban J connectivity index is 1.94. The average molecular weight is 302 g/mol. The fourth-order valence-electron chi connectivity index (χ4n) is 2.19. The highest BCUT2D eigenvalue weighted by Gasteiger charge is 2.06. The van der Waals surface area contributed by atoms with Gasteiger partial charge in [-0.2, -0.15) is 5.10 Å². The molecule has 5 heteroatoms. The highest BCUT2D eigenvalue weighted by Crippen LogP contribution is 2.15. The van der Waals surface area contributed by atoms with Crippen molar-refractivity contribution < 1.29 is 0 Å². The molecule has 4 nitrogen and oxygen atoms in total. The van der Waals surface area contributed by atoms with Crippen LogP contribution in [0.1, 0.15) is 29.3 Å². The summed E-state index contributed by atoms with van der Waals surface area (Å²) in [6.45, 7) is 9.82. The first-order chi connectivity index (χ1) is 9.99. The lowest BCUT2D eigenvalue weighted by Gasteiger charge is -2.12. The molecule has 2 aromatic rings. The van der Waals surface area contributed by atoms with E-state index in [0.717, 1.165) is 17.9 Å². The highest BCUT2D eigenvalue weighted by molar-refractivity contribution is 7.80. The average Bonchev–Trinajstić information content (AvgIpc) is 2.80. The van der Waals surface area contributed by atoms with E-state index in [-0.39, 0.29) is 0 Å². The lowest BCUT2D eigenvalue weighted by atomic mass is 10.1. The standard InChI is InChI=1S/C16H22N4S/c1-5-20-10-14(13(4)19-20)9-17-16(21)18-15-7-6-11(2)8-12(15)3/h6-8,10H,5,9H2,1-4H3,(H2,17,18,21). The molecular weight excluding hydrogens is 280 g/mol. The quantitative estimate of drug-likeness (QED) is 0.850. The van der Waals surface area contributed by atoms with Gasteiger partial charge < -0.3 is 10.6 Å². The highest BCUT2D eigenvalue weighted by atomic mass is 32.1. The van der Waals surface area contributed by atoms with Crippen LogP contribution in [0.25, 0.3) is 0 Å². The molecule has 0 amide bonds. The van der Waals surface area contributed by atoms with E-state index in [0.29, 0.717) is 11.7 Å². The Kier molecular flexibility index (Phi) is 4.96. The summed E-state index contributed by atoms with van der Waals surface area (Å²) in [6.07, 6.45) is 2.06. The van der Waals surface area contributed by atoms with Gasteiger partial charge in [-0.25, -0.2) is 0 Å². The predicted octanol–water partition coefficient (Wildman–Crippen LogP) is 3.31. The van der Waals surface area contributed by atoms with Gasteiger partial charge in [0.05, 0.1) is 5.69 Å². The smallest absolute Gasteiger partial charge is 0.171 e. The zero-order valence-corrected chi connectivity index (χ0v) is 13.8. The predicted molar refractivity (Wildman–Crippen MR) is 91.6 cm³/mol. The summed E-state index contributed by atoms with van der Waals surface area (Å²) in [5.74, 6) is 0. The van der Waals surface area contributed by atoms with Crippen LogP contribution < -0.4 is 10.6 Å². The molecule has 0 fully saturated rings. The summed E-state index contributed by atoms with van der Waals surface area (Å²) >= 11 is 5.36. The van der Waals surface area contributed by atoms with Crippen molar-refractivity contribution in [1.82, 2.24) is 15.1 Å². The second-order valence-electron chi connectivity index (χ2n) is 5.22. The number of thiocarbonyl (C=S) groups is 1. The zero-order valence-electron chi connectivity index (χ0n) is 13.0. The van der Waals surface area contributed by atoms with E-state index in [1.54, 1.807) is 0 Å². The van der Waals surface area contributed by atoms with Crippen molar-refractivity contribution >= 4 is 23.0 Å². The van der Waals surface area contributed by atoms with Crippen LogP contribution in [-0.2, 0) is 13.1 Å². The molecule has 0 bridgehead atoms. The maximum Gasteiger partial charge on any atom is 0.171 e. The number of hydrogen-bond acceptors (Lipinski definition) is 2. The van der Waals surface area contributed by atoms with E-state index < -0.39 is 0 Å². The van der Waals surface area contributed by atoms with Crippen molar-refractivity contribution in [2.24, 2.45) is 0 Å². The number of anilines is 1. The minimum atomic E-state index is 0.630. The maximum atomic E-state index is 5.36. The van der Waals surface area contributed by atoms with E-state index >= 15 is 0 Å². The third kappa shape index (κ3) is 4.04. The summed E-state index contributed by atoms with van der Waals surface area (Å²) in [6, 6.07) is 6.27. The molecule has 21 heavy (non-hydrogen) atoms. The van der Waals surface area contributed by atoms with Gasteiger partial charge in [0.25, 0.3) is 0 Å². The van der Waals surface area contributed by atoms with Crippen molar-refractivity contribution in [1.29, 1.82) is 0 Å². The number of rotatable bonds is 4.